The van der Waals surface area contributed by atoms with E-state index in [0.717, 1.165) is 16.8 Å². The lowest BCUT2D eigenvalue weighted by Crippen LogP contribution is -2.12. The average Bonchev–Trinajstić information content (AvgIpc) is 2.74. The predicted octanol–water partition coefficient (Wildman–Crippen LogP) is 4.44. The number of anilines is 1. The van der Waals surface area contributed by atoms with E-state index in [4.69, 9.17) is 9.47 Å². The van der Waals surface area contributed by atoms with Crippen molar-refractivity contribution < 1.29 is 19.1 Å². The molecule has 3 rings (SSSR count). The van der Waals surface area contributed by atoms with Crippen LogP contribution in [0.5, 0.6) is 0 Å². The van der Waals surface area contributed by atoms with Gasteiger partial charge in [0.15, 0.2) is 0 Å². The minimum Gasteiger partial charge on any atom is -0.457 e. The van der Waals surface area contributed by atoms with Gasteiger partial charge in [-0.25, -0.2) is 4.79 Å². The Hall–Kier alpha value is -3.44. The zero-order chi connectivity index (χ0) is 19.8. The second-order valence-corrected chi connectivity index (χ2v) is 6.22. The highest BCUT2D eigenvalue weighted by Crippen LogP contribution is 2.12. The molecule has 142 valence electrons. The molecule has 1 amide bonds. The summed E-state index contributed by atoms with van der Waals surface area (Å²) in [5, 5.41) is 2.83. The van der Waals surface area contributed by atoms with E-state index in [1.165, 1.54) is 0 Å². The molecule has 0 bridgehead atoms. The number of hydrogen-bond acceptors (Lipinski definition) is 4. The van der Waals surface area contributed by atoms with Crippen molar-refractivity contribution >= 4 is 17.6 Å². The Morgan fingerprint density at radius 1 is 0.750 bits per heavy atom. The minimum absolute atomic E-state index is 0.138. The first-order valence-corrected chi connectivity index (χ1v) is 8.86. The molecule has 28 heavy (non-hydrogen) atoms. The van der Waals surface area contributed by atoms with Gasteiger partial charge in [-0.2, -0.15) is 0 Å². The second-order valence-electron chi connectivity index (χ2n) is 6.22. The van der Waals surface area contributed by atoms with Crippen LogP contribution in [0.2, 0.25) is 0 Å². The van der Waals surface area contributed by atoms with Crippen LogP contribution in [0.15, 0.2) is 78.9 Å². The maximum atomic E-state index is 12.2. The van der Waals surface area contributed by atoms with Gasteiger partial charge in [0.2, 0.25) is 0 Å². The highest BCUT2D eigenvalue weighted by Gasteiger charge is 2.09. The van der Waals surface area contributed by atoms with E-state index in [-0.39, 0.29) is 12.5 Å². The van der Waals surface area contributed by atoms with Gasteiger partial charge in [0.05, 0.1) is 12.2 Å². The van der Waals surface area contributed by atoms with Crippen LogP contribution in [0.4, 0.5) is 5.69 Å². The van der Waals surface area contributed by atoms with Crippen LogP contribution in [0, 0.1) is 0 Å². The van der Waals surface area contributed by atoms with Gasteiger partial charge in [0.25, 0.3) is 5.91 Å². The first kappa shape index (κ1) is 19.3. The van der Waals surface area contributed by atoms with Crippen molar-refractivity contribution in [2.75, 3.05) is 12.4 Å². The van der Waals surface area contributed by atoms with Gasteiger partial charge in [0.1, 0.15) is 6.61 Å². The van der Waals surface area contributed by atoms with E-state index in [9.17, 15) is 9.59 Å². The molecule has 0 saturated heterocycles. The summed E-state index contributed by atoms with van der Waals surface area (Å²) in [6.07, 6.45) is 0. The van der Waals surface area contributed by atoms with Gasteiger partial charge in [-0.1, -0.05) is 42.5 Å². The first-order valence-electron chi connectivity index (χ1n) is 8.86. The number of para-hydroxylation sites is 1. The number of nitrogens with one attached hydrogen (secondary N) is 1. The second kappa shape index (κ2) is 9.48. The van der Waals surface area contributed by atoms with E-state index < -0.39 is 5.97 Å². The number of carbonyl (C=O) groups is 2. The van der Waals surface area contributed by atoms with Crippen LogP contribution in [0.25, 0.3) is 0 Å². The van der Waals surface area contributed by atoms with Crippen LogP contribution in [-0.2, 0) is 22.7 Å². The molecule has 0 aliphatic heterocycles. The standard InChI is InChI=1S/C23H21NO4/c1-27-15-17-9-13-20(14-10-17)23(26)28-16-18-7-11-19(12-8-18)22(25)24-21-5-3-2-4-6-21/h2-14H,15-16H2,1H3,(H,24,25). The van der Waals surface area contributed by atoms with Crippen LogP contribution in [0.3, 0.4) is 0 Å². The van der Waals surface area contributed by atoms with Gasteiger partial charge in [-0.15, -0.1) is 0 Å². The smallest absolute Gasteiger partial charge is 0.338 e. The van der Waals surface area contributed by atoms with Crippen molar-refractivity contribution in [2.45, 2.75) is 13.2 Å². The number of amides is 1. The zero-order valence-electron chi connectivity index (χ0n) is 15.6. The molecule has 0 aliphatic rings. The Labute approximate surface area is 163 Å². The maximum absolute atomic E-state index is 12.2. The molecule has 0 fully saturated rings. The van der Waals surface area contributed by atoms with Gasteiger partial charge < -0.3 is 14.8 Å². The maximum Gasteiger partial charge on any atom is 0.338 e. The number of carbonyl (C=O) groups excluding carboxylic acids is 2. The van der Waals surface area contributed by atoms with Gasteiger partial charge >= 0.3 is 5.97 Å². The number of ether oxygens (including phenoxy) is 2. The normalized spacial score (nSPS) is 10.3. The van der Waals surface area contributed by atoms with E-state index >= 15 is 0 Å². The highest BCUT2D eigenvalue weighted by molar-refractivity contribution is 6.04. The summed E-state index contributed by atoms with van der Waals surface area (Å²) in [6.45, 7) is 0.638. The third kappa shape index (κ3) is 5.28. The van der Waals surface area contributed by atoms with Crippen molar-refractivity contribution in [3.63, 3.8) is 0 Å². The molecule has 5 nitrogen and oxygen atoms in total. The summed E-state index contributed by atoms with van der Waals surface area (Å²) >= 11 is 0. The molecule has 0 aliphatic carbocycles. The largest absolute Gasteiger partial charge is 0.457 e. The van der Waals surface area contributed by atoms with Gasteiger partial charge in [-0.3, -0.25) is 4.79 Å². The van der Waals surface area contributed by atoms with E-state index in [0.29, 0.717) is 17.7 Å². The van der Waals surface area contributed by atoms with Crippen LogP contribution in [0.1, 0.15) is 31.8 Å². The summed E-state index contributed by atoms with van der Waals surface area (Å²) in [5.41, 5.74) is 3.55. The predicted molar refractivity (Wildman–Crippen MR) is 107 cm³/mol. The Morgan fingerprint density at radius 3 is 1.93 bits per heavy atom. The third-order valence-electron chi connectivity index (χ3n) is 4.12. The van der Waals surface area contributed by atoms with Crippen molar-refractivity contribution in [3.8, 4) is 0 Å². The first-order chi connectivity index (χ1) is 13.7. The molecular formula is C23H21NO4. The Bertz CT molecular complexity index is 919. The van der Waals surface area contributed by atoms with Gasteiger partial charge in [0, 0.05) is 18.4 Å². The van der Waals surface area contributed by atoms with E-state index in [1.54, 1.807) is 43.5 Å². The fourth-order valence-electron chi connectivity index (χ4n) is 2.61. The number of esters is 1. The fourth-order valence-corrected chi connectivity index (χ4v) is 2.61. The molecular weight excluding hydrogens is 354 g/mol. The SMILES string of the molecule is COCc1ccc(C(=O)OCc2ccc(C(=O)Nc3ccccc3)cc2)cc1. The molecule has 0 unspecified atom stereocenters. The summed E-state index contributed by atoms with van der Waals surface area (Å²) in [6, 6.07) is 23.3. The van der Waals surface area contributed by atoms with E-state index in [1.807, 2.05) is 42.5 Å². The lowest BCUT2D eigenvalue weighted by Gasteiger charge is -2.08. The minimum atomic E-state index is -0.394. The molecule has 3 aromatic carbocycles. The number of benzene rings is 3. The Morgan fingerprint density at radius 2 is 1.32 bits per heavy atom. The van der Waals surface area contributed by atoms with E-state index in [2.05, 4.69) is 5.32 Å². The molecule has 0 atom stereocenters. The Balaban J connectivity index is 1.53. The van der Waals surface area contributed by atoms with Crippen molar-refractivity contribution in [3.05, 3.63) is 101 Å². The number of methoxy groups -OCH3 is 1. The zero-order valence-corrected chi connectivity index (χ0v) is 15.6. The molecule has 0 spiro atoms. The lowest BCUT2D eigenvalue weighted by atomic mass is 10.1. The molecule has 0 saturated carbocycles. The average molecular weight is 375 g/mol. The monoisotopic (exact) mass is 375 g/mol. The summed E-state index contributed by atoms with van der Waals surface area (Å²) in [7, 11) is 1.62. The molecule has 5 heteroatoms. The van der Waals surface area contributed by atoms with Gasteiger partial charge in [-0.05, 0) is 47.5 Å². The number of hydrogen-bond donors (Lipinski definition) is 1. The van der Waals surface area contributed by atoms with Crippen LogP contribution >= 0.6 is 0 Å². The topological polar surface area (TPSA) is 64.6 Å². The molecule has 0 aromatic heterocycles. The highest BCUT2D eigenvalue weighted by atomic mass is 16.5. The summed E-state index contributed by atoms with van der Waals surface area (Å²) in [4.78, 5) is 24.4. The van der Waals surface area contributed by atoms with Crippen molar-refractivity contribution in [1.82, 2.24) is 0 Å². The van der Waals surface area contributed by atoms with Crippen molar-refractivity contribution in [1.29, 1.82) is 0 Å². The Kier molecular flexibility index (Phi) is 6.54. The number of rotatable bonds is 7. The molecule has 1 N–H and O–H groups in total. The quantitative estimate of drug-likeness (QED) is 0.620. The molecule has 0 radical (unpaired) electrons. The van der Waals surface area contributed by atoms with Crippen LogP contribution < -0.4 is 5.32 Å². The summed E-state index contributed by atoms with van der Waals surface area (Å²) in [5.74, 6) is -0.583. The summed E-state index contributed by atoms with van der Waals surface area (Å²) < 4.78 is 10.4. The molecule has 3 aromatic rings. The fraction of sp³-hybridized carbons (Fsp3) is 0.130. The van der Waals surface area contributed by atoms with Crippen LogP contribution in [-0.4, -0.2) is 19.0 Å². The third-order valence-corrected chi connectivity index (χ3v) is 4.12. The lowest BCUT2D eigenvalue weighted by molar-refractivity contribution is 0.0472. The van der Waals surface area contributed by atoms with Crippen molar-refractivity contribution in [2.24, 2.45) is 0 Å². The molecule has 0 heterocycles.